The molecule has 0 spiro atoms. The van der Waals surface area contributed by atoms with Gasteiger partial charge in [-0.25, -0.2) is 4.98 Å². The molecule has 0 saturated carbocycles. The van der Waals surface area contributed by atoms with Crippen LogP contribution in [-0.4, -0.2) is 27.1 Å². The fraction of sp³-hybridized carbons (Fsp3) is 0.200. The Balaban J connectivity index is 1.43. The summed E-state index contributed by atoms with van der Waals surface area (Å²) < 4.78 is 6.73. The number of nitrogens with one attached hydrogen (secondary N) is 2. The van der Waals surface area contributed by atoms with Gasteiger partial charge in [-0.2, -0.15) is 0 Å². The van der Waals surface area contributed by atoms with Crippen LogP contribution in [0.4, 0.5) is 5.69 Å². The molecule has 0 aliphatic heterocycles. The second-order valence-corrected chi connectivity index (χ2v) is 8.99. The maximum atomic E-state index is 13.2. The highest BCUT2D eigenvalue weighted by molar-refractivity contribution is 7.99. The molecule has 0 unspecified atom stereocenters. The zero-order chi connectivity index (χ0) is 24.6. The zero-order valence-corrected chi connectivity index (χ0v) is 20.3. The molecule has 2 aromatic carbocycles. The molecule has 2 heterocycles. The van der Waals surface area contributed by atoms with E-state index in [2.05, 4.69) is 15.6 Å². The quantitative estimate of drug-likeness (QED) is 0.241. The largest absolute Gasteiger partial charge is 0.467 e. The molecule has 4 rings (SSSR count). The normalized spacial score (nSPS) is 10.9. The summed E-state index contributed by atoms with van der Waals surface area (Å²) in [5.74, 6) is 0.299. The highest BCUT2D eigenvalue weighted by Gasteiger charge is 2.14. The molecular formula is C25H23ClN4O4S. The highest BCUT2D eigenvalue weighted by Crippen LogP contribution is 2.22. The molecule has 0 aliphatic carbocycles. The van der Waals surface area contributed by atoms with Gasteiger partial charge in [-0.15, -0.1) is 0 Å². The molecule has 0 saturated heterocycles. The van der Waals surface area contributed by atoms with Crippen molar-refractivity contribution in [2.24, 2.45) is 0 Å². The number of hydrogen-bond acceptors (Lipinski definition) is 6. The summed E-state index contributed by atoms with van der Waals surface area (Å²) in [7, 11) is 0. The Morgan fingerprint density at radius 1 is 1.03 bits per heavy atom. The summed E-state index contributed by atoms with van der Waals surface area (Å²) in [6.07, 6.45) is 2.22. The molecule has 2 N–H and O–H groups in total. The SMILES string of the molecule is O=C(CCCn1c(SCC(=O)Nc2ccccc2Cl)nc2ccccc2c1=O)NCc1ccco1. The number of anilines is 1. The molecule has 0 fully saturated rings. The third kappa shape index (κ3) is 6.52. The number of thioether (sulfide) groups is 1. The number of benzene rings is 2. The number of halogens is 1. The van der Waals surface area contributed by atoms with Gasteiger partial charge in [0, 0.05) is 13.0 Å². The molecule has 0 atom stereocenters. The number of carbonyl (C=O) groups is 2. The van der Waals surface area contributed by atoms with Crippen LogP contribution in [0.1, 0.15) is 18.6 Å². The summed E-state index contributed by atoms with van der Waals surface area (Å²) in [6.45, 7) is 0.601. The van der Waals surface area contributed by atoms with E-state index in [-0.39, 0.29) is 29.5 Å². The maximum absolute atomic E-state index is 13.2. The molecule has 35 heavy (non-hydrogen) atoms. The van der Waals surface area contributed by atoms with Crippen molar-refractivity contribution in [3.8, 4) is 0 Å². The van der Waals surface area contributed by atoms with E-state index < -0.39 is 0 Å². The predicted molar refractivity (Wildman–Crippen MR) is 137 cm³/mol. The Bertz CT molecular complexity index is 1390. The number of rotatable bonds is 10. The van der Waals surface area contributed by atoms with Crippen LogP contribution in [-0.2, 0) is 22.7 Å². The Hall–Kier alpha value is -3.56. The van der Waals surface area contributed by atoms with E-state index in [1.807, 2.05) is 0 Å². The van der Waals surface area contributed by atoms with Crippen LogP contribution in [0.15, 0.2) is 81.3 Å². The summed E-state index contributed by atoms with van der Waals surface area (Å²) in [5.41, 5.74) is 0.865. The van der Waals surface area contributed by atoms with Crippen molar-refractivity contribution in [1.82, 2.24) is 14.9 Å². The monoisotopic (exact) mass is 510 g/mol. The molecule has 0 radical (unpaired) electrons. The number of fused-ring (bicyclic) bond motifs is 1. The van der Waals surface area contributed by atoms with Gasteiger partial charge < -0.3 is 15.1 Å². The number of aromatic nitrogens is 2. The van der Waals surface area contributed by atoms with Crippen molar-refractivity contribution in [3.05, 3.63) is 88.1 Å². The molecule has 2 aromatic heterocycles. The Morgan fingerprint density at radius 2 is 1.83 bits per heavy atom. The Morgan fingerprint density at radius 3 is 2.63 bits per heavy atom. The highest BCUT2D eigenvalue weighted by atomic mass is 35.5. The molecule has 0 aliphatic rings. The lowest BCUT2D eigenvalue weighted by Gasteiger charge is -2.13. The van der Waals surface area contributed by atoms with Crippen molar-refractivity contribution in [3.63, 3.8) is 0 Å². The van der Waals surface area contributed by atoms with E-state index in [4.69, 9.17) is 16.0 Å². The lowest BCUT2D eigenvalue weighted by Crippen LogP contribution is -2.26. The summed E-state index contributed by atoms with van der Waals surface area (Å²) in [5, 5.41) is 6.90. The third-order valence-electron chi connectivity index (χ3n) is 5.13. The van der Waals surface area contributed by atoms with E-state index in [0.29, 0.717) is 52.0 Å². The first kappa shape index (κ1) is 24.6. The van der Waals surface area contributed by atoms with Crippen LogP contribution in [0.2, 0.25) is 5.02 Å². The van der Waals surface area contributed by atoms with Gasteiger partial charge in [-0.05, 0) is 42.8 Å². The van der Waals surface area contributed by atoms with Gasteiger partial charge in [-0.3, -0.25) is 19.0 Å². The van der Waals surface area contributed by atoms with Crippen molar-refractivity contribution in [2.75, 3.05) is 11.1 Å². The predicted octanol–water partition coefficient (Wildman–Crippen LogP) is 4.47. The van der Waals surface area contributed by atoms with Crippen molar-refractivity contribution in [2.45, 2.75) is 31.1 Å². The number of hydrogen-bond donors (Lipinski definition) is 2. The number of carbonyl (C=O) groups excluding carboxylic acids is 2. The number of amides is 2. The minimum absolute atomic E-state index is 0.0413. The second-order valence-electron chi connectivity index (χ2n) is 7.64. The average molecular weight is 511 g/mol. The van der Waals surface area contributed by atoms with E-state index in [1.165, 1.54) is 4.57 Å². The number of para-hydroxylation sites is 2. The van der Waals surface area contributed by atoms with Crippen LogP contribution in [0.3, 0.4) is 0 Å². The summed E-state index contributed by atoms with van der Waals surface area (Å²) in [4.78, 5) is 42.5. The lowest BCUT2D eigenvalue weighted by atomic mass is 10.2. The van der Waals surface area contributed by atoms with E-state index in [0.717, 1.165) is 11.8 Å². The lowest BCUT2D eigenvalue weighted by molar-refractivity contribution is -0.121. The Kier molecular flexibility index (Phi) is 8.23. The van der Waals surface area contributed by atoms with Crippen LogP contribution in [0.25, 0.3) is 10.9 Å². The molecule has 8 nitrogen and oxygen atoms in total. The fourth-order valence-corrected chi connectivity index (χ4v) is 4.43. The van der Waals surface area contributed by atoms with Crippen LogP contribution >= 0.6 is 23.4 Å². The smallest absolute Gasteiger partial charge is 0.262 e. The minimum Gasteiger partial charge on any atom is -0.467 e. The maximum Gasteiger partial charge on any atom is 0.262 e. The van der Waals surface area contributed by atoms with E-state index in [1.54, 1.807) is 66.9 Å². The second kappa shape index (κ2) is 11.7. The van der Waals surface area contributed by atoms with Gasteiger partial charge in [0.1, 0.15) is 5.76 Å². The van der Waals surface area contributed by atoms with Gasteiger partial charge in [0.2, 0.25) is 11.8 Å². The van der Waals surface area contributed by atoms with Gasteiger partial charge in [0.05, 0.1) is 40.2 Å². The summed E-state index contributed by atoms with van der Waals surface area (Å²) in [6, 6.07) is 17.6. The van der Waals surface area contributed by atoms with Crippen molar-refractivity contribution >= 4 is 51.8 Å². The minimum atomic E-state index is -0.269. The zero-order valence-electron chi connectivity index (χ0n) is 18.7. The standard InChI is InChI=1S/C25H23ClN4O4S/c26-19-9-2-4-11-21(19)28-23(32)16-35-25-29-20-10-3-1-8-18(20)24(33)30(25)13-5-12-22(31)27-15-17-7-6-14-34-17/h1-4,6-11,14H,5,12-13,15-16H2,(H,27,31)(H,28,32). The molecular weight excluding hydrogens is 488 g/mol. The van der Waals surface area contributed by atoms with E-state index in [9.17, 15) is 14.4 Å². The third-order valence-corrected chi connectivity index (χ3v) is 6.44. The summed E-state index contributed by atoms with van der Waals surface area (Å²) >= 11 is 7.27. The van der Waals surface area contributed by atoms with Gasteiger partial charge in [-0.1, -0.05) is 47.6 Å². The first-order chi connectivity index (χ1) is 17.0. The number of furan rings is 1. The molecule has 180 valence electrons. The number of nitrogens with zero attached hydrogens (tertiary/aromatic N) is 2. The van der Waals surface area contributed by atoms with Gasteiger partial charge >= 0.3 is 0 Å². The first-order valence-corrected chi connectivity index (χ1v) is 12.3. The van der Waals surface area contributed by atoms with Crippen molar-refractivity contribution in [1.29, 1.82) is 0 Å². The molecule has 2 amide bonds. The topological polar surface area (TPSA) is 106 Å². The van der Waals surface area contributed by atoms with Crippen LogP contribution in [0, 0.1) is 0 Å². The van der Waals surface area contributed by atoms with Crippen molar-refractivity contribution < 1.29 is 14.0 Å². The molecule has 10 heteroatoms. The molecule has 4 aromatic rings. The van der Waals surface area contributed by atoms with Gasteiger partial charge in [0.15, 0.2) is 5.16 Å². The van der Waals surface area contributed by atoms with Gasteiger partial charge in [0.25, 0.3) is 5.56 Å². The van der Waals surface area contributed by atoms with E-state index >= 15 is 0 Å². The first-order valence-electron chi connectivity index (χ1n) is 11.0. The van der Waals surface area contributed by atoms with Crippen LogP contribution < -0.4 is 16.2 Å². The van der Waals surface area contributed by atoms with Crippen LogP contribution in [0.5, 0.6) is 0 Å². The fourth-order valence-electron chi connectivity index (χ4n) is 3.42. The average Bonchev–Trinajstić information content (AvgIpc) is 3.38. The molecule has 0 bridgehead atoms. The Labute approximate surface area is 210 Å².